The first-order chi connectivity index (χ1) is 31.3. The molecule has 0 aromatic heterocycles. The number of rotatable bonds is 48. The van der Waals surface area contributed by atoms with Crippen LogP contribution in [0.2, 0.25) is 0 Å². The van der Waals surface area contributed by atoms with Crippen LogP contribution >= 0.6 is 0 Å². The summed E-state index contributed by atoms with van der Waals surface area (Å²) in [5, 5.41) is 54.3. The highest BCUT2D eigenvalue weighted by molar-refractivity contribution is 5.76. The van der Waals surface area contributed by atoms with Crippen LogP contribution in [-0.4, -0.2) is 87.5 Å². The fourth-order valence-corrected chi connectivity index (χ4v) is 9.16. The highest BCUT2D eigenvalue weighted by atomic mass is 16.7. The van der Waals surface area contributed by atoms with Gasteiger partial charge in [0.1, 0.15) is 24.4 Å². The van der Waals surface area contributed by atoms with Gasteiger partial charge in [0.2, 0.25) is 5.91 Å². The summed E-state index contributed by atoms with van der Waals surface area (Å²) in [6.45, 7) is 3.79. The standard InChI is InChI=1S/C55H107NO8/c1-3-5-7-9-11-13-15-17-18-19-20-21-22-23-24-25-26-27-28-29-30-31-32-33-35-37-39-41-43-45-51(59)56-48(47-63-55-54(62)53(61)52(60)50(46-57)64-55)49(58)44-42-40-38-36-34-16-14-12-10-8-6-4-2/h42,44,48-50,52-55,57-58,60-62H,3-41,43,45-47H2,1-2H3,(H,56,59)/b44-42+/t48-,49+,50+,52+,53?,54?,55+/m0/s1. The van der Waals surface area contributed by atoms with Gasteiger partial charge in [0.15, 0.2) is 6.29 Å². The zero-order chi connectivity index (χ0) is 46.6. The van der Waals surface area contributed by atoms with E-state index in [-0.39, 0.29) is 12.5 Å². The van der Waals surface area contributed by atoms with E-state index in [0.29, 0.717) is 6.42 Å². The van der Waals surface area contributed by atoms with E-state index in [2.05, 4.69) is 19.2 Å². The molecular formula is C55H107NO8. The van der Waals surface area contributed by atoms with Crippen molar-refractivity contribution >= 4 is 5.91 Å². The molecule has 7 atom stereocenters. The summed E-state index contributed by atoms with van der Waals surface area (Å²) in [6.07, 6.45) is 48.6. The predicted molar refractivity (Wildman–Crippen MR) is 267 cm³/mol. The Labute approximate surface area is 395 Å². The van der Waals surface area contributed by atoms with Gasteiger partial charge in [0, 0.05) is 6.42 Å². The zero-order valence-electron chi connectivity index (χ0n) is 42.1. The minimum Gasteiger partial charge on any atom is -0.394 e. The number of carbonyl (C=O) groups excluding carboxylic acids is 1. The number of carbonyl (C=O) groups is 1. The van der Waals surface area contributed by atoms with Crippen LogP contribution in [0, 0.1) is 0 Å². The van der Waals surface area contributed by atoms with Crippen molar-refractivity contribution in [1.29, 1.82) is 0 Å². The summed E-state index contributed by atoms with van der Waals surface area (Å²) in [6, 6.07) is -0.799. The number of unbranched alkanes of at least 4 members (excludes halogenated alkanes) is 38. The SMILES string of the molecule is CCCCCCCCCCCC/C=C/[C@@H](O)[C@H](CO[C@@H]1O[C@H](CO)[C@@H](O)C(O)C1O)NC(=O)CCCCCCCCCCCCCCCCCCCCCCCCCCCCCCC. The first-order valence-electron chi connectivity index (χ1n) is 27.9. The lowest BCUT2D eigenvalue weighted by Gasteiger charge is -2.40. The van der Waals surface area contributed by atoms with Crippen LogP contribution in [-0.2, 0) is 14.3 Å². The number of hydrogen-bond donors (Lipinski definition) is 6. The Balaban J connectivity index is 2.13. The highest BCUT2D eigenvalue weighted by Gasteiger charge is 2.44. The number of aliphatic hydroxyl groups excluding tert-OH is 5. The van der Waals surface area contributed by atoms with E-state index >= 15 is 0 Å². The molecule has 0 aliphatic carbocycles. The third kappa shape index (κ3) is 35.1. The van der Waals surface area contributed by atoms with Crippen LogP contribution in [0.25, 0.3) is 0 Å². The summed E-state index contributed by atoms with van der Waals surface area (Å²) in [7, 11) is 0. The van der Waals surface area contributed by atoms with Gasteiger partial charge in [0.25, 0.3) is 0 Å². The van der Waals surface area contributed by atoms with Crippen molar-refractivity contribution in [2.75, 3.05) is 13.2 Å². The Kier molecular flexibility index (Phi) is 43.5. The molecule has 0 spiro atoms. The molecule has 0 radical (unpaired) electrons. The number of allylic oxidation sites excluding steroid dienone is 1. The maximum atomic E-state index is 13.0. The molecule has 1 amide bonds. The molecule has 1 fully saturated rings. The number of aliphatic hydroxyl groups is 5. The zero-order valence-corrected chi connectivity index (χ0v) is 42.1. The van der Waals surface area contributed by atoms with Crippen LogP contribution in [0.15, 0.2) is 12.2 Å². The lowest BCUT2D eigenvalue weighted by molar-refractivity contribution is -0.302. The molecule has 2 unspecified atom stereocenters. The van der Waals surface area contributed by atoms with Gasteiger partial charge in [-0.2, -0.15) is 0 Å². The van der Waals surface area contributed by atoms with Crippen LogP contribution < -0.4 is 5.32 Å². The van der Waals surface area contributed by atoms with Gasteiger partial charge in [-0.15, -0.1) is 0 Å². The molecule has 0 saturated carbocycles. The van der Waals surface area contributed by atoms with Gasteiger partial charge in [0.05, 0.1) is 25.4 Å². The van der Waals surface area contributed by atoms with E-state index in [1.165, 1.54) is 218 Å². The van der Waals surface area contributed by atoms with E-state index in [4.69, 9.17) is 9.47 Å². The average molecular weight is 910 g/mol. The van der Waals surface area contributed by atoms with E-state index < -0.39 is 49.5 Å². The second-order valence-corrected chi connectivity index (χ2v) is 19.7. The van der Waals surface area contributed by atoms with Crippen molar-refractivity contribution in [3.05, 3.63) is 12.2 Å². The van der Waals surface area contributed by atoms with E-state index in [1.807, 2.05) is 6.08 Å². The Morgan fingerprint density at radius 2 is 0.859 bits per heavy atom. The predicted octanol–water partition coefficient (Wildman–Crippen LogP) is 13.2. The Bertz CT molecular complexity index is 1010. The monoisotopic (exact) mass is 910 g/mol. The molecule has 1 saturated heterocycles. The van der Waals surface area contributed by atoms with Gasteiger partial charge in [-0.25, -0.2) is 0 Å². The van der Waals surface area contributed by atoms with E-state index in [1.54, 1.807) is 6.08 Å². The number of nitrogens with one attached hydrogen (secondary N) is 1. The van der Waals surface area contributed by atoms with Gasteiger partial charge in [-0.05, 0) is 19.3 Å². The first kappa shape index (κ1) is 60.9. The van der Waals surface area contributed by atoms with E-state index in [0.717, 1.165) is 38.5 Å². The lowest BCUT2D eigenvalue weighted by Crippen LogP contribution is -2.60. The summed E-state index contributed by atoms with van der Waals surface area (Å²) in [5.41, 5.74) is 0. The molecule has 1 aliphatic heterocycles. The quantitative estimate of drug-likeness (QED) is 0.0261. The van der Waals surface area contributed by atoms with Gasteiger partial charge in [-0.3, -0.25) is 4.79 Å². The molecule has 0 aromatic carbocycles. The first-order valence-corrected chi connectivity index (χ1v) is 27.9. The van der Waals surface area contributed by atoms with Crippen molar-refractivity contribution in [3.8, 4) is 0 Å². The number of ether oxygens (including phenoxy) is 2. The fourth-order valence-electron chi connectivity index (χ4n) is 9.16. The smallest absolute Gasteiger partial charge is 0.220 e. The van der Waals surface area contributed by atoms with Crippen molar-refractivity contribution in [2.24, 2.45) is 0 Å². The molecule has 6 N–H and O–H groups in total. The lowest BCUT2D eigenvalue weighted by atomic mass is 9.99. The molecule has 1 aliphatic rings. The maximum absolute atomic E-state index is 13.0. The largest absolute Gasteiger partial charge is 0.394 e. The Hall–Kier alpha value is -1.07. The third-order valence-electron chi connectivity index (χ3n) is 13.6. The van der Waals surface area contributed by atoms with Crippen LogP contribution in [0.5, 0.6) is 0 Å². The van der Waals surface area contributed by atoms with Crippen molar-refractivity contribution in [2.45, 2.75) is 320 Å². The van der Waals surface area contributed by atoms with Crippen molar-refractivity contribution in [1.82, 2.24) is 5.32 Å². The molecule has 9 heteroatoms. The average Bonchev–Trinajstić information content (AvgIpc) is 3.29. The normalized spacial score (nSPS) is 20.0. The summed E-state index contributed by atoms with van der Waals surface area (Å²) in [5.74, 6) is -0.172. The topological polar surface area (TPSA) is 149 Å². The minimum absolute atomic E-state index is 0.172. The molecule has 1 heterocycles. The summed E-state index contributed by atoms with van der Waals surface area (Å²) >= 11 is 0. The Morgan fingerprint density at radius 1 is 0.516 bits per heavy atom. The van der Waals surface area contributed by atoms with Crippen LogP contribution in [0.1, 0.15) is 277 Å². The summed E-state index contributed by atoms with van der Waals surface area (Å²) in [4.78, 5) is 13.0. The minimum atomic E-state index is -1.56. The third-order valence-corrected chi connectivity index (χ3v) is 13.6. The van der Waals surface area contributed by atoms with Crippen molar-refractivity contribution < 1.29 is 39.8 Å². The molecule has 9 nitrogen and oxygen atoms in total. The van der Waals surface area contributed by atoms with Crippen LogP contribution in [0.3, 0.4) is 0 Å². The van der Waals surface area contributed by atoms with Gasteiger partial charge in [-0.1, -0.05) is 264 Å². The van der Waals surface area contributed by atoms with E-state index in [9.17, 15) is 30.3 Å². The number of amides is 1. The maximum Gasteiger partial charge on any atom is 0.220 e. The van der Waals surface area contributed by atoms with Gasteiger partial charge >= 0.3 is 0 Å². The van der Waals surface area contributed by atoms with Gasteiger partial charge < -0.3 is 40.3 Å². The van der Waals surface area contributed by atoms with Crippen LogP contribution in [0.4, 0.5) is 0 Å². The highest BCUT2D eigenvalue weighted by Crippen LogP contribution is 2.23. The second-order valence-electron chi connectivity index (χ2n) is 19.7. The van der Waals surface area contributed by atoms with Crippen molar-refractivity contribution in [3.63, 3.8) is 0 Å². The molecule has 0 bridgehead atoms. The second kappa shape index (κ2) is 45.7. The fraction of sp³-hybridized carbons (Fsp3) is 0.945. The molecule has 1 rings (SSSR count). The number of hydrogen-bond acceptors (Lipinski definition) is 8. The molecule has 380 valence electrons. The molecular weight excluding hydrogens is 803 g/mol. The Morgan fingerprint density at radius 3 is 1.22 bits per heavy atom. The molecule has 0 aromatic rings. The molecule has 64 heavy (non-hydrogen) atoms. The summed E-state index contributed by atoms with van der Waals surface area (Å²) < 4.78 is 11.2.